The van der Waals surface area contributed by atoms with Crippen molar-refractivity contribution in [3.05, 3.63) is 34.7 Å². The van der Waals surface area contributed by atoms with Crippen LogP contribution in [0.1, 0.15) is 5.69 Å². The lowest BCUT2D eigenvalue weighted by molar-refractivity contribution is 0.599. The largest absolute Gasteiger partial charge is 0.264 e. The summed E-state index contributed by atoms with van der Waals surface area (Å²) in [4.78, 5) is 3.92. The number of sulfonamides is 1. The van der Waals surface area contributed by atoms with Crippen LogP contribution in [0.3, 0.4) is 0 Å². The van der Waals surface area contributed by atoms with Crippen LogP contribution in [0.2, 0.25) is 0 Å². The quantitative estimate of drug-likeness (QED) is 0.928. The highest BCUT2D eigenvalue weighted by Gasteiger charge is 2.17. The minimum atomic E-state index is -3.65. The Hall–Kier alpha value is -1.41. The molecule has 8 heteroatoms. The van der Waals surface area contributed by atoms with Crippen LogP contribution in [0.5, 0.6) is 0 Å². The molecule has 2 heterocycles. The van der Waals surface area contributed by atoms with E-state index in [2.05, 4.69) is 30.7 Å². The summed E-state index contributed by atoms with van der Waals surface area (Å²) in [7, 11) is -1.98. The zero-order chi connectivity index (χ0) is 13.3. The van der Waals surface area contributed by atoms with Gasteiger partial charge in [0.05, 0.1) is 5.69 Å². The number of aryl methyl sites for hydroxylation is 2. The molecule has 6 nitrogen and oxygen atoms in total. The highest BCUT2D eigenvalue weighted by atomic mass is 79.9. The van der Waals surface area contributed by atoms with Crippen LogP contribution in [0, 0.1) is 6.92 Å². The summed E-state index contributed by atoms with van der Waals surface area (Å²) in [6, 6.07) is 3.14. The average molecular weight is 331 g/mol. The highest BCUT2D eigenvalue weighted by Crippen LogP contribution is 2.18. The summed E-state index contributed by atoms with van der Waals surface area (Å²) in [5.74, 6) is 0.410. The molecule has 0 aliphatic heterocycles. The molecule has 0 bridgehead atoms. The number of nitrogens with one attached hydrogen (secondary N) is 1. The molecule has 0 radical (unpaired) electrons. The molecule has 18 heavy (non-hydrogen) atoms. The van der Waals surface area contributed by atoms with Gasteiger partial charge < -0.3 is 0 Å². The molecule has 0 saturated heterocycles. The van der Waals surface area contributed by atoms with E-state index in [1.54, 1.807) is 20.0 Å². The Morgan fingerprint density at radius 2 is 2.06 bits per heavy atom. The smallest absolute Gasteiger partial charge is 0.264 e. The molecule has 0 saturated carbocycles. The Balaban J connectivity index is 2.36. The van der Waals surface area contributed by atoms with E-state index < -0.39 is 10.0 Å². The number of aromatic nitrogens is 3. The Morgan fingerprint density at radius 1 is 1.33 bits per heavy atom. The number of anilines is 1. The molecule has 96 valence electrons. The Labute approximate surface area is 113 Å². The molecule has 1 N–H and O–H groups in total. The van der Waals surface area contributed by atoms with Crippen molar-refractivity contribution in [3.8, 4) is 0 Å². The number of nitrogens with zero attached hydrogens (tertiary/aromatic N) is 3. The number of hydrogen-bond donors (Lipinski definition) is 1. The van der Waals surface area contributed by atoms with Crippen molar-refractivity contribution in [1.29, 1.82) is 0 Å². The van der Waals surface area contributed by atoms with Gasteiger partial charge in [0.2, 0.25) is 0 Å². The van der Waals surface area contributed by atoms with Gasteiger partial charge in [-0.15, -0.1) is 0 Å². The normalized spacial score (nSPS) is 11.5. The maximum Gasteiger partial charge on any atom is 0.264 e. The molecule has 2 aromatic rings. The number of halogens is 1. The third kappa shape index (κ3) is 2.70. The third-order valence-electron chi connectivity index (χ3n) is 2.23. The monoisotopic (exact) mass is 330 g/mol. The molecule has 2 rings (SSSR count). The minimum absolute atomic E-state index is 0.0933. The van der Waals surface area contributed by atoms with Gasteiger partial charge in [-0.25, -0.2) is 8.42 Å². The molecule has 0 atom stereocenters. The molecule has 0 aliphatic carbocycles. The van der Waals surface area contributed by atoms with Gasteiger partial charge in [-0.3, -0.25) is 14.4 Å². The van der Waals surface area contributed by atoms with Gasteiger partial charge in [-0.05, 0) is 28.9 Å². The van der Waals surface area contributed by atoms with Crippen LogP contribution in [0.15, 0.2) is 33.9 Å². The number of rotatable bonds is 3. The molecule has 0 spiro atoms. The van der Waals surface area contributed by atoms with E-state index in [0.717, 1.165) is 5.69 Å². The topological polar surface area (TPSA) is 76.9 Å². The third-order valence-corrected chi connectivity index (χ3v) is 3.99. The average Bonchev–Trinajstić information content (AvgIpc) is 2.56. The van der Waals surface area contributed by atoms with Crippen molar-refractivity contribution in [1.82, 2.24) is 14.8 Å². The van der Waals surface area contributed by atoms with Gasteiger partial charge in [0.15, 0.2) is 0 Å². The zero-order valence-electron chi connectivity index (χ0n) is 9.75. The number of pyridine rings is 1. The second-order valence-corrected chi connectivity index (χ2v) is 6.34. The van der Waals surface area contributed by atoms with Crippen LogP contribution in [0.4, 0.5) is 5.82 Å². The van der Waals surface area contributed by atoms with Gasteiger partial charge in [0.1, 0.15) is 10.7 Å². The van der Waals surface area contributed by atoms with Crippen molar-refractivity contribution in [2.45, 2.75) is 11.8 Å². The van der Waals surface area contributed by atoms with Crippen molar-refractivity contribution < 1.29 is 8.42 Å². The minimum Gasteiger partial charge on any atom is -0.264 e. The highest BCUT2D eigenvalue weighted by molar-refractivity contribution is 9.10. The van der Waals surface area contributed by atoms with E-state index in [-0.39, 0.29) is 4.90 Å². The van der Waals surface area contributed by atoms with Crippen LogP contribution >= 0.6 is 15.9 Å². The standard InChI is InChI=1S/C10H11BrN4O2S/c1-7-3-10(15(2)13-7)14-18(16,17)9-4-8(11)5-12-6-9/h3-6,14H,1-2H3. The molecule has 0 fully saturated rings. The van der Waals surface area contributed by atoms with E-state index in [1.165, 1.54) is 23.1 Å². The SMILES string of the molecule is Cc1cc(NS(=O)(=O)c2cncc(Br)c2)n(C)n1. The van der Waals surface area contributed by atoms with Crippen LogP contribution in [-0.4, -0.2) is 23.2 Å². The van der Waals surface area contributed by atoms with E-state index in [9.17, 15) is 8.42 Å². The molecular formula is C10H11BrN4O2S. The van der Waals surface area contributed by atoms with E-state index in [1.807, 2.05) is 0 Å². The fourth-order valence-corrected chi connectivity index (χ4v) is 3.02. The second-order valence-electron chi connectivity index (χ2n) is 3.74. The first kappa shape index (κ1) is 13.0. The lowest BCUT2D eigenvalue weighted by atomic mass is 10.5. The number of hydrogen-bond acceptors (Lipinski definition) is 4. The molecule has 0 aliphatic rings. The maximum absolute atomic E-state index is 12.1. The van der Waals surface area contributed by atoms with E-state index >= 15 is 0 Å². The van der Waals surface area contributed by atoms with Crippen molar-refractivity contribution >= 4 is 31.8 Å². The molecular weight excluding hydrogens is 320 g/mol. The predicted molar refractivity (Wildman–Crippen MR) is 70.7 cm³/mol. The van der Waals surface area contributed by atoms with Gasteiger partial charge in [-0.2, -0.15) is 5.10 Å². The fourth-order valence-electron chi connectivity index (χ4n) is 1.44. The summed E-state index contributed by atoms with van der Waals surface area (Å²) in [5, 5.41) is 4.07. The maximum atomic E-state index is 12.1. The second kappa shape index (κ2) is 4.69. The summed E-state index contributed by atoms with van der Waals surface area (Å²) in [6.07, 6.45) is 2.81. The predicted octanol–water partition coefficient (Wildman–Crippen LogP) is 1.69. The molecule has 0 unspecified atom stereocenters. The van der Waals surface area contributed by atoms with Crippen molar-refractivity contribution in [2.24, 2.45) is 7.05 Å². The fraction of sp³-hybridized carbons (Fsp3) is 0.200. The Morgan fingerprint density at radius 3 is 2.61 bits per heavy atom. The molecule has 0 aromatic carbocycles. The lowest BCUT2D eigenvalue weighted by Crippen LogP contribution is -2.15. The van der Waals surface area contributed by atoms with Gasteiger partial charge in [0.25, 0.3) is 10.0 Å². The summed E-state index contributed by atoms with van der Waals surface area (Å²) in [6.45, 7) is 1.79. The van der Waals surface area contributed by atoms with Crippen molar-refractivity contribution in [2.75, 3.05) is 4.72 Å². The summed E-state index contributed by atoms with van der Waals surface area (Å²) in [5.41, 5.74) is 0.738. The Bertz CT molecular complexity index is 681. The van der Waals surface area contributed by atoms with Crippen molar-refractivity contribution in [3.63, 3.8) is 0 Å². The van der Waals surface area contributed by atoms with E-state index in [4.69, 9.17) is 0 Å². The first-order chi connectivity index (χ1) is 8.38. The van der Waals surface area contributed by atoms with Crippen LogP contribution < -0.4 is 4.72 Å². The summed E-state index contributed by atoms with van der Waals surface area (Å²) < 4.78 is 28.7. The molecule has 0 amide bonds. The van der Waals surface area contributed by atoms with Crippen LogP contribution in [-0.2, 0) is 17.1 Å². The van der Waals surface area contributed by atoms with E-state index in [0.29, 0.717) is 10.3 Å². The van der Waals surface area contributed by atoms with Gasteiger partial charge in [-0.1, -0.05) is 0 Å². The van der Waals surface area contributed by atoms with Gasteiger partial charge >= 0.3 is 0 Å². The summed E-state index contributed by atoms with van der Waals surface area (Å²) >= 11 is 3.19. The Kier molecular flexibility index (Phi) is 3.40. The first-order valence-corrected chi connectivity index (χ1v) is 7.30. The zero-order valence-corrected chi connectivity index (χ0v) is 12.2. The lowest BCUT2D eigenvalue weighted by Gasteiger charge is -2.07. The first-order valence-electron chi connectivity index (χ1n) is 5.02. The van der Waals surface area contributed by atoms with Crippen LogP contribution in [0.25, 0.3) is 0 Å². The molecule has 2 aromatic heterocycles. The van der Waals surface area contributed by atoms with Gasteiger partial charge in [0, 0.05) is 30.0 Å².